The van der Waals surface area contributed by atoms with Crippen molar-refractivity contribution in [1.82, 2.24) is 9.97 Å². The number of nitrogens with one attached hydrogen (secondary N) is 2. The Bertz CT molecular complexity index is 410. The molecule has 0 saturated carbocycles. The zero-order chi connectivity index (χ0) is 14.2. The summed E-state index contributed by atoms with van der Waals surface area (Å²) in [6.07, 6.45) is 6.92. The minimum absolute atomic E-state index is 0.419. The van der Waals surface area contributed by atoms with Gasteiger partial charge in [0, 0.05) is 25.8 Å². The van der Waals surface area contributed by atoms with Gasteiger partial charge in [0.05, 0.1) is 6.10 Å². The molecule has 5 nitrogen and oxygen atoms in total. The van der Waals surface area contributed by atoms with Gasteiger partial charge in [-0.3, -0.25) is 0 Å². The molecule has 2 rings (SSSR count). The van der Waals surface area contributed by atoms with Gasteiger partial charge in [-0.1, -0.05) is 18.7 Å². The molecule has 1 aliphatic heterocycles. The van der Waals surface area contributed by atoms with Crippen LogP contribution in [0.15, 0.2) is 11.2 Å². The Kier molecular flexibility index (Phi) is 6.39. The largest absolute Gasteiger partial charge is 0.378 e. The maximum Gasteiger partial charge on any atom is 0.191 e. The number of thioether (sulfide) groups is 1. The van der Waals surface area contributed by atoms with Gasteiger partial charge >= 0.3 is 0 Å². The predicted molar refractivity (Wildman–Crippen MR) is 84.7 cm³/mol. The van der Waals surface area contributed by atoms with Crippen molar-refractivity contribution in [2.24, 2.45) is 0 Å². The summed E-state index contributed by atoms with van der Waals surface area (Å²) in [5.74, 6) is 1.78. The number of nitrogens with zero attached hydrogens (tertiary/aromatic N) is 2. The number of hydrogen-bond donors (Lipinski definition) is 2. The standard InChI is InChI=1S/C14H24N4OS/c1-3-7-15-12-10-13(18-14(17-12)20-2)16-8-6-11-5-4-9-19-11/h10-11H,3-9H2,1-2H3,(H2,15,16,17,18). The van der Waals surface area contributed by atoms with Crippen molar-refractivity contribution in [2.45, 2.75) is 43.9 Å². The van der Waals surface area contributed by atoms with Gasteiger partial charge in [0.15, 0.2) is 5.16 Å². The second-order valence-electron chi connectivity index (χ2n) is 4.90. The third-order valence-electron chi connectivity index (χ3n) is 3.24. The quantitative estimate of drug-likeness (QED) is 0.568. The lowest BCUT2D eigenvalue weighted by molar-refractivity contribution is 0.107. The third kappa shape index (κ3) is 4.83. The molecule has 1 aliphatic rings. The van der Waals surface area contributed by atoms with Gasteiger partial charge in [0.1, 0.15) is 11.6 Å². The van der Waals surface area contributed by atoms with E-state index in [0.717, 1.165) is 49.3 Å². The van der Waals surface area contributed by atoms with Crippen LogP contribution < -0.4 is 10.6 Å². The van der Waals surface area contributed by atoms with E-state index in [9.17, 15) is 0 Å². The average molecular weight is 296 g/mol. The molecular weight excluding hydrogens is 272 g/mol. The Morgan fingerprint density at radius 2 is 2.05 bits per heavy atom. The van der Waals surface area contributed by atoms with Crippen LogP contribution in [0, 0.1) is 0 Å². The molecule has 1 unspecified atom stereocenters. The minimum Gasteiger partial charge on any atom is -0.378 e. The van der Waals surface area contributed by atoms with E-state index in [1.807, 2.05) is 12.3 Å². The van der Waals surface area contributed by atoms with Crippen molar-refractivity contribution in [3.63, 3.8) is 0 Å². The van der Waals surface area contributed by atoms with Crippen LogP contribution in [0.1, 0.15) is 32.6 Å². The highest BCUT2D eigenvalue weighted by atomic mass is 32.2. The van der Waals surface area contributed by atoms with Crippen molar-refractivity contribution in [2.75, 3.05) is 36.6 Å². The normalized spacial score (nSPS) is 18.2. The van der Waals surface area contributed by atoms with Gasteiger partial charge in [-0.2, -0.15) is 0 Å². The molecule has 1 aromatic heterocycles. The van der Waals surface area contributed by atoms with Crippen molar-refractivity contribution < 1.29 is 4.74 Å². The second-order valence-corrected chi connectivity index (χ2v) is 5.68. The Balaban J connectivity index is 1.87. The molecule has 0 bridgehead atoms. The molecule has 1 saturated heterocycles. The fourth-order valence-electron chi connectivity index (χ4n) is 2.18. The van der Waals surface area contributed by atoms with Gasteiger partial charge < -0.3 is 15.4 Å². The number of anilines is 2. The first kappa shape index (κ1) is 15.4. The van der Waals surface area contributed by atoms with Gasteiger partial charge in [-0.05, 0) is 31.9 Å². The van der Waals surface area contributed by atoms with E-state index in [1.54, 1.807) is 11.8 Å². The predicted octanol–water partition coefficient (Wildman–Crippen LogP) is 3.00. The summed E-state index contributed by atoms with van der Waals surface area (Å²) in [5.41, 5.74) is 0. The van der Waals surface area contributed by atoms with Crippen LogP contribution in [0.4, 0.5) is 11.6 Å². The summed E-state index contributed by atoms with van der Waals surface area (Å²) in [4.78, 5) is 8.94. The fourth-order valence-corrected chi connectivity index (χ4v) is 2.56. The first-order valence-electron chi connectivity index (χ1n) is 7.34. The van der Waals surface area contributed by atoms with E-state index < -0.39 is 0 Å². The second kappa shape index (κ2) is 8.32. The highest BCUT2D eigenvalue weighted by molar-refractivity contribution is 7.98. The molecule has 6 heteroatoms. The number of rotatable bonds is 8. The molecule has 2 N–H and O–H groups in total. The molecule has 2 heterocycles. The van der Waals surface area contributed by atoms with Gasteiger partial charge in [0.2, 0.25) is 0 Å². The topological polar surface area (TPSA) is 59.1 Å². The van der Waals surface area contributed by atoms with Crippen LogP contribution >= 0.6 is 11.8 Å². The maximum atomic E-state index is 5.62. The smallest absolute Gasteiger partial charge is 0.191 e. The Morgan fingerprint density at radius 3 is 2.65 bits per heavy atom. The Morgan fingerprint density at radius 1 is 1.30 bits per heavy atom. The van der Waals surface area contributed by atoms with Crippen molar-refractivity contribution in [1.29, 1.82) is 0 Å². The Hall–Kier alpha value is -1.01. The van der Waals surface area contributed by atoms with E-state index in [1.165, 1.54) is 12.8 Å². The van der Waals surface area contributed by atoms with Gasteiger partial charge in [-0.25, -0.2) is 9.97 Å². The molecule has 1 aromatic rings. The SMILES string of the molecule is CCCNc1cc(NCCC2CCCO2)nc(SC)n1. The summed E-state index contributed by atoms with van der Waals surface area (Å²) in [6, 6.07) is 1.98. The number of ether oxygens (including phenoxy) is 1. The summed E-state index contributed by atoms with van der Waals surface area (Å²) in [6.45, 7) is 4.88. The van der Waals surface area contributed by atoms with E-state index in [4.69, 9.17) is 4.74 Å². The first-order valence-corrected chi connectivity index (χ1v) is 8.56. The molecule has 1 fully saturated rings. The summed E-state index contributed by atoms with van der Waals surface area (Å²) >= 11 is 1.56. The van der Waals surface area contributed by atoms with Gasteiger partial charge in [-0.15, -0.1) is 0 Å². The summed E-state index contributed by atoms with van der Waals surface area (Å²) in [7, 11) is 0. The van der Waals surface area contributed by atoms with E-state index in [0.29, 0.717) is 6.10 Å². The zero-order valence-electron chi connectivity index (χ0n) is 12.3. The monoisotopic (exact) mass is 296 g/mol. The zero-order valence-corrected chi connectivity index (χ0v) is 13.1. The minimum atomic E-state index is 0.419. The third-order valence-corrected chi connectivity index (χ3v) is 3.79. The maximum absolute atomic E-state index is 5.62. The van der Waals surface area contributed by atoms with Crippen molar-refractivity contribution in [3.8, 4) is 0 Å². The first-order chi connectivity index (χ1) is 9.81. The summed E-state index contributed by atoms with van der Waals surface area (Å²) < 4.78 is 5.62. The fraction of sp³-hybridized carbons (Fsp3) is 0.714. The van der Waals surface area contributed by atoms with Crippen molar-refractivity contribution in [3.05, 3.63) is 6.07 Å². The molecular formula is C14H24N4OS. The molecule has 112 valence electrons. The average Bonchev–Trinajstić information content (AvgIpc) is 2.98. The molecule has 1 atom stereocenters. The molecule has 0 aromatic carbocycles. The van der Waals surface area contributed by atoms with E-state index >= 15 is 0 Å². The van der Waals surface area contributed by atoms with Crippen LogP contribution in [-0.4, -0.2) is 42.0 Å². The molecule has 0 radical (unpaired) electrons. The lowest BCUT2D eigenvalue weighted by Crippen LogP contribution is -2.14. The lowest BCUT2D eigenvalue weighted by atomic mass is 10.2. The van der Waals surface area contributed by atoms with E-state index in [-0.39, 0.29) is 0 Å². The number of hydrogen-bond acceptors (Lipinski definition) is 6. The molecule has 0 aliphatic carbocycles. The highest BCUT2D eigenvalue weighted by Gasteiger charge is 2.14. The highest BCUT2D eigenvalue weighted by Crippen LogP contribution is 2.19. The van der Waals surface area contributed by atoms with Gasteiger partial charge in [0.25, 0.3) is 0 Å². The van der Waals surface area contributed by atoms with Crippen LogP contribution in [0.2, 0.25) is 0 Å². The van der Waals surface area contributed by atoms with Crippen LogP contribution in [0.25, 0.3) is 0 Å². The summed E-state index contributed by atoms with van der Waals surface area (Å²) in [5, 5.41) is 7.49. The molecule has 0 spiro atoms. The van der Waals surface area contributed by atoms with Crippen molar-refractivity contribution >= 4 is 23.4 Å². The number of aromatic nitrogens is 2. The lowest BCUT2D eigenvalue weighted by Gasteiger charge is -2.12. The van der Waals surface area contributed by atoms with E-state index in [2.05, 4.69) is 27.5 Å². The van der Waals surface area contributed by atoms with Crippen LogP contribution in [0.3, 0.4) is 0 Å². The molecule has 20 heavy (non-hydrogen) atoms. The Labute approximate surface area is 125 Å². The van der Waals surface area contributed by atoms with Crippen LogP contribution in [-0.2, 0) is 4.74 Å². The molecule has 0 amide bonds. The van der Waals surface area contributed by atoms with Crippen LogP contribution in [0.5, 0.6) is 0 Å².